The van der Waals surface area contributed by atoms with Crippen LogP contribution in [0.5, 0.6) is 0 Å². The van der Waals surface area contributed by atoms with E-state index in [0.29, 0.717) is 12.1 Å². The SMILES string of the molecule is [2H][C@H](Cc1ccccc1)[C@H](O)C(=O)NCc1ccccn1. The minimum atomic E-state index is -1.35. The fraction of sp³-hybridized carbons (Fsp3) is 0.250. The molecule has 104 valence electrons. The fourth-order valence-corrected chi connectivity index (χ4v) is 1.75. The highest BCUT2D eigenvalue weighted by molar-refractivity contribution is 5.80. The molecule has 2 aromatic rings. The number of nitrogens with zero attached hydrogens (tertiary/aromatic N) is 1. The Bertz CT molecular complexity index is 563. The number of hydrogen-bond donors (Lipinski definition) is 2. The molecule has 4 nitrogen and oxygen atoms in total. The maximum atomic E-state index is 11.8. The zero-order valence-electron chi connectivity index (χ0n) is 12.1. The van der Waals surface area contributed by atoms with Crippen molar-refractivity contribution in [1.29, 1.82) is 0 Å². The Morgan fingerprint density at radius 3 is 2.70 bits per heavy atom. The van der Waals surface area contributed by atoms with Gasteiger partial charge >= 0.3 is 0 Å². The number of pyridine rings is 1. The van der Waals surface area contributed by atoms with Gasteiger partial charge in [-0.15, -0.1) is 0 Å². The molecule has 0 spiro atoms. The molecule has 0 fully saturated rings. The van der Waals surface area contributed by atoms with E-state index in [9.17, 15) is 9.90 Å². The van der Waals surface area contributed by atoms with Crippen LogP contribution in [0.1, 0.15) is 19.0 Å². The lowest BCUT2D eigenvalue weighted by Gasteiger charge is -2.11. The lowest BCUT2D eigenvalue weighted by Crippen LogP contribution is -2.34. The van der Waals surface area contributed by atoms with Crippen LogP contribution in [0, 0.1) is 0 Å². The molecule has 2 rings (SSSR count). The number of amides is 1. The summed E-state index contributed by atoms with van der Waals surface area (Å²) in [5.41, 5.74) is 1.64. The van der Waals surface area contributed by atoms with Crippen molar-refractivity contribution in [2.45, 2.75) is 25.5 Å². The first-order chi connectivity index (χ1) is 10.2. The topological polar surface area (TPSA) is 62.2 Å². The molecule has 1 amide bonds. The minimum Gasteiger partial charge on any atom is -0.383 e. The van der Waals surface area contributed by atoms with Crippen LogP contribution >= 0.6 is 0 Å². The van der Waals surface area contributed by atoms with Crippen molar-refractivity contribution in [2.75, 3.05) is 0 Å². The third-order valence-corrected chi connectivity index (χ3v) is 2.86. The summed E-state index contributed by atoms with van der Waals surface area (Å²) in [4.78, 5) is 15.9. The monoisotopic (exact) mass is 271 g/mol. The van der Waals surface area contributed by atoms with E-state index in [1.165, 1.54) is 0 Å². The highest BCUT2D eigenvalue weighted by atomic mass is 16.3. The summed E-state index contributed by atoms with van der Waals surface area (Å²) in [6, 6.07) is 14.8. The van der Waals surface area contributed by atoms with Gasteiger partial charge in [0.25, 0.3) is 0 Å². The average molecular weight is 271 g/mol. The summed E-state index contributed by atoms with van der Waals surface area (Å²) < 4.78 is 7.90. The number of rotatable bonds is 6. The van der Waals surface area contributed by atoms with Crippen LogP contribution in [0.2, 0.25) is 0 Å². The molecule has 4 heteroatoms. The predicted molar refractivity (Wildman–Crippen MR) is 76.9 cm³/mol. The molecule has 0 radical (unpaired) electrons. The second-order valence-electron chi connectivity index (χ2n) is 4.41. The summed E-state index contributed by atoms with van der Waals surface area (Å²) in [6.07, 6.45) is -0.273. The highest BCUT2D eigenvalue weighted by Gasteiger charge is 2.14. The molecule has 2 N–H and O–H groups in total. The molecule has 0 saturated heterocycles. The van der Waals surface area contributed by atoms with E-state index in [1.54, 1.807) is 18.3 Å². The van der Waals surface area contributed by atoms with Crippen molar-refractivity contribution >= 4 is 5.91 Å². The summed E-state index contributed by atoms with van der Waals surface area (Å²) in [5, 5.41) is 12.5. The van der Waals surface area contributed by atoms with Gasteiger partial charge < -0.3 is 10.4 Å². The molecular formula is C16H18N2O2. The van der Waals surface area contributed by atoms with Crippen LogP contribution in [0.3, 0.4) is 0 Å². The van der Waals surface area contributed by atoms with Gasteiger partial charge in [-0.1, -0.05) is 36.4 Å². The Morgan fingerprint density at radius 1 is 1.25 bits per heavy atom. The van der Waals surface area contributed by atoms with Crippen LogP contribution < -0.4 is 5.32 Å². The summed E-state index contributed by atoms with van der Waals surface area (Å²) in [6.45, 7) is 0.245. The van der Waals surface area contributed by atoms with Gasteiger partial charge in [0.2, 0.25) is 5.91 Å². The van der Waals surface area contributed by atoms with Crippen LogP contribution in [-0.4, -0.2) is 22.1 Å². The van der Waals surface area contributed by atoms with Gasteiger partial charge in [0, 0.05) is 7.57 Å². The lowest BCUT2D eigenvalue weighted by molar-refractivity contribution is -0.129. The second-order valence-corrected chi connectivity index (χ2v) is 4.41. The van der Waals surface area contributed by atoms with E-state index in [-0.39, 0.29) is 6.54 Å². The molecule has 0 unspecified atom stereocenters. The molecule has 2 atom stereocenters. The van der Waals surface area contributed by atoms with Crippen LogP contribution in [0.25, 0.3) is 0 Å². The molecule has 1 heterocycles. The first kappa shape index (κ1) is 12.8. The molecular weight excluding hydrogens is 252 g/mol. The molecule has 0 saturated carbocycles. The number of aryl methyl sites for hydroxylation is 1. The zero-order chi connectivity index (χ0) is 15.1. The summed E-state index contributed by atoms with van der Waals surface area (Å²) in [7, 11) is 0. The van der Waals surface area contributed by atoms with E-state index in [4.69, 9.17) is 1.37 Å². The van der Waals surface area contributed by atoms with Gasteiger partial charge in [-0.2, -0.15) is 0 Å². The van der Waals surface area contributed by atoms with Gasteiger partial charge in [-0.25, -0.2) is 0 Å². The first-order valence-corrected chi connectivity index (χ1v) is 6.48. The smallest absolute Gasteiger partial charge is 0.249 e. The van der Waals surface area contributed by atoms with E-state index in [0.717, 1.165) is 5.56 Å². The van der Waals surface area contributed by atoms with Gasteiger partial charge in [-0.3, -0.25) is 9.78 Å². The number of aliphatic hydroxyl groups excluding tert-OH is 1. The Labute approximate surface area is 119 Å². The molecule has 0 aliphatic heterocycles. The largest absolute Gasteiger partial charge is 0.383 e. The third-order valence-electron chi connectivity index (χ3n) is 2.86. The van der Waals surface area contributed by atoms with E-state index < -0.39 is 18.4 Å². The van der Waals surface area contributed by atoms with E-state index in [1.807, 2.05) is 36.4 Å². The zero-order valence-corrected chi connectivity index (χ0v) is 11.1. The molecule has 0 aliphatic carbocycles. The Balaban J connectivity index is 1.84. The van der Waals surface area contributed by atoms with Crippen molar-refractivity contribution in [3.63, 3.8) is 0 Å². The minimum absolute atomic E-state index is 0.245. The van der Waals surface area contributed by atoms with Gasteiger partial charge in [0.05, 0.1) is 12.2 Å². The summed E-state index contributed by atoms with van der Waals surface area (Å²) >= 11 is 0. The van der Waals surface area contributed by atoms with Crippen molar-refractivity contribution in [1.82, 2.24) is 10.3 Å². The highest BCUT2D eigenvalue weighted by Crippen LogP contribution is 2.05. The fourth-order valence-electron chi connectivity index (χ4n) is 1.75. The van der Waals surface area contributed by atoms with E-state index in [2.05, 4.69) is 10.3 Å². The van der Waals surface area contributed by atoms with Crippen LogP contribution in [-0.2, 0) is 17.8 Å². The van der Waals surface area contributed by atoms with Crippen molar-refractivity contribution < 1.29 is 11.3 Å². The van der Waals surface area contributed by atoms with E-state index >= 15 is 0 Å². The predicted octanol–water partition coefficient (Wildman–Crippen LogP) is 1.69. The maximum absolute atomic E-state index is 11.8. The van der Waals surface area contributed by atoms with Crippen molar-refractivity contribution in [2.24, 2.45) is 0 Å². The van der Waals surface area contributed by atoms with Gasteiger partial charge in [-0.05, 0) is 30.5 Å². The van der Waals surface area contributed by atoms with Crippen LogP contribution in [0.15, 0.2) is 54.7 Å². The normalized spacial score (nSPS) is 14.2. The lowest BCUT2D eigenvalue weighted by atomic mass is 10.1. The second kappa shape index (κ2) is 7.40. The molecule has 20 heavy (non-hydrogen) atoms. The standard InChI is InChI=1S/C16H18N2O2/c19-15(10-9-13-6-2-1-3-7-13)16(20)18-12-14-8-4-5-11-17-14/h1-8,11,15,19H,9-10,12H2,(H,18,20)/t15-/m0/s1/i10D/t10-,15+/m1. The molecule has 1 aromatic heterocycles. The Hall–Kier alpha value is -2.20. The average Bonchev–Trinajstić information content (AvgIpc) is 2.53. The Kier molecular flexibility index (Phi) is 4.74. The first-order valence-electron chi connectivity index (χ1n) is 7.06. The van der Waals surface area contributed by atoms with Gasteiger partial charge in [0.1, 0.15) is 6.10 Å². The Morgan fingerprint density at radius 2 is 2.00 bits per heavy atom. The number of nitrogens with one attached hydrogen (secondary N) is 1. The molecule has 1 aromatic carbocycles. The number of carbonyl (C=O) groups excluding carboxylic acids is 1. The molecule has 0 bridgehead atoms. The van der Waals surface area contributed by atoms with Crippen molar-refractivity contribution in [3.05, 3.63) is 66.0 Å². The third kappa shape index (κ3) is 4.48. The number of hydrogen-bond acceptors (Lipinski definition) is 3. The quantitative estimate of drug-likeness (QED) is 0.840. The number of aliphatic hydroxyl groups is 1. The molecule has 0 aliphatic rings. The van der Waals surface area contributed by atoms with Crippen molar-refractivity contribution in [3.8, 4) is 0 Å². The number of benzene rings is 1. The summed E-state index contributed by atoms with van der Waals surface area (Å²) in [5.74, 6) is -0.545. The number of aromatic nitrogens is 1. The van der Waals surface area contributed by atoms with Gasteiger partial charge in [0.15, 0.2) is 0 Å². The number of carbonyl (C=O) groups is 1. The van der Waals surface area contributed by atoms with Crippen LogP contribution in [0.4, 0.5) is 0 Å². The maximum Gasteiger partial charge on any atom is 0.249 e.